The molecule has 1 fully saturated rings. The highest BCUT2D eigenvalue weighted by atomic mass is 32.1. The first kappa shape index (κ1) is 35.3. The van der Waals surface area contributed by atoms with E-state index >= 15 is 0 Å². The van der Waals surface area contributed by atoms with E-state index < -0.39 is 30.1 Å². The van der Waals surface area contributed by atoms with Crippen molar-refractivity contribution < 1.29 is 33.4 Å². The number of aliphatic imine (C=N–C) groups is 1. The number of likely N-dealkylation sites (tertiary alicyclic amines) is 1. The third-order valence-corrected chi connectivity index (χ3v) is 8.71. The molecule has 13 heteroatoms. The number of carbonyl (C=O) groups excluding carboxylic acids is 4. The van der Waals surface area contributed by atoms with Gasteiger partial charge in [-0.2, -0.15) is 4.99 Å². The zero-order chi connectivity index (χ0) is 33.6. The minimum atomic E-state index is -0.846. The van der Waals surface area contributed by atoms with Crippen LogP contribution in [-0.4, -0.2) is 86.7 Å². The van der Waals surface area contributed by atoms with Gasteiger partial charge < -0.3 is 30.2 Å². The summed E-state index contributed by atoms with van der Waals surface area (Å²) >= 11 is 1.28. The summed E-state index contributed by atoms with van der Waals surface area (Å²) in [7, 11) is 1.50. The molecule has 1 aromatic heterocycles. The van der Waals surface area contributed by atoms with Gasteiger partial charge in [0.05, 0.1) is 37.2 Å². The average molecular weight is 664 g/mol. The van der Waals surface area contributed by atoms with Crippen LogP contribution in [0.15, 0.2) is 77.8 Å². The number of ether oxygens (including phenoxy) is 3. The van der Waals surface area contributed by atoms with Gasteiger partial charge in [-0.05, 0) is 43.0 Å². The highest BCUT2D eigenvalue weighted by Crippen LogP contribution is 2.31. The van der Waals surface area contributed by atoms with Crippen LogP contribution >= 0.6 is 11.3 Å². The van der Waals surface area contributed by atoms with Crippen molar-refractivity contribution in [2.24, 2.45) is 10.7 Å². The Balaban J connectivity index is 1.49. The molecule has 47 heavy (non-hydrogen) atoms. The summed E-state index contributed by atoms with van der Waals surface area (Å²) in [5.74, 6) is -1.45. The molecule has 0 spiro atoms. The van der Waals surface area contributed by atoms with Crippen LogP contribution in [0.2, 0.25) is 0 Å². The molecule has 4 rings (SSSR count). The van der Waals surface area contributed by atoms with Crippen molar-refractivity contribution in [2.45, 2.75) is 44.3 Å². The number of esters is 1. The van der Waals surface area contributed by atoms with Gasteiger partial charge in [-0.25, -0.2) is 4.79 Å². The van der Waals surface area contributed by atoms with E-state index in [0.717, 1.165) is 16.0 Å². The number of nitrogens with one attached hydrogen (secondary N) is 2. The van der Waals surface area contributed by atoms with Crippen molar-refractivity contribution in [1.82, 2.24) is 15.5 Å². The van der Waals surface area contributed by atoms with Crippen LogP contribution in [0.3, 0.4) is 0 Å². The molecule has 3 aromatic rings. The van der Waals surface area contributed by atoms with Crippen LogP contribution in [0, 0.1) is 0 Å². The standard InChI is InChI=1S/C34H41N5O7S/c1-3-45-28(40)22-36-30(29(23-11-6-4-7-12-23)24-13-8-5-9-14-24)33(42)39-18-10-15-26(39)32(41)37-21-25-16-17-27(47-25)31(35)38-34(43)46-20-19-44-2/h4-9,11-14,16-17,26,29-30,36H,3,10,15,18-22H2,1-2H3,(H,37,41)(H2,35,38,43)/t26-,30+/m0/s1. The molecule has 0 aliphatic carbocycles. The molecule has 1 aliphatic rings. The molecule has 0 saturated carbocycles. The number of methoxy groups -OCH3 is 1. The molecule has 0 bridgehead atoms. The summed E-state index contributed by atoms with van der Waals surface area (Å²) in [6.45, 7) is 2.71. The van der Waals surface area contributed by atoms with Gasteiger partial charge in [-0.1, -0.05) is 60.7 Å². The van der Waals surface area contributed by atoms with Crippen molar-refractivity contribution >= 4 is 41.0 Å². The SMILES string of the molecule is CCOC(=O)CN[C@@H](C(=O)N1CCC[C@H]1C(=O)NCc1ccc(/C(N)=N/C(=O)OCCOC)s1)C(c1ccccc1)c1ccccc1. The molecule has 2 heterocycles. The summed E-state index contributed by atoms with van der Waals surface area (Å²) < 4.78 is 14.9. The number of rotatable bonds is 15. The summed E-state index contributed by atoms with van der Waals surface area (Å²) in [5, 5.41) is 6.13. The van der Waals surface area contributed by atoms with E-state index in [2.05, 4.69) is 15.6 Å². The van der Waals surface area contributed by atoms with Crippen LogP contribution < -0.4 is 16.4 Å². The Hall–Kier alpha value is -4.59. The number of thiophene rings is 1. The van der Waals surface area contributed by atoms with Gasteiger partial charge >= 0.3 is 12.1 Å². The summed E-state index contributed by atoms with van der Waals surface area (Å²) in [6, 6.07) is 21.2. The quantitative estimate of drug-likeness (QED) is 0.0960. The molecule has 4 N–H and O–H groups in total. The number of carbonyl (C=O) groups is 4. The van der Waals surface area contributed by atoms with E-state index in [1.54, 1.807) is 24.0 Å². The molecular formula is C34H41N5O7S. The van der Waals surface area contributed by atoms with E-state index in [9.17, 15) is 19.2 Å². The van der Waals surface area contributed by atoms with E-state index in [1.165, 1.54) is 18.4 Å². The first-order valence-corrected chi connectivity index (χ1v) is 16.3. The summed E-state index contributed by atoms with van der Waals surface area (Å²) in [6.07, 6.45) is 0.349. The molecule has 1 aliphatic heterocycles. The maximum atomic E-state index is 14.4. The number of hydrogen-bond donors (Lipinski definition) is 3. The second-order valence-corrected chi connectivity index (χ2v) is 11.9. The van der Waals surface area contributed by atoms with E-state index in [1.807, 2.05) is 60.7 Å². The lowest BCUT2D eigenvalue weighted by molar-refractivity contribution is -0.143. The number of nitrogens with two attached hydrogens (primary N) is 1. The first-order valence-electron chi connectivity index (χ1n) is 15.5. The summed E-state index contributed by atoms with van der Waals surface area (Å²) in [4.78, 5) is 58.9. The third-order valence-electron chi connectivity index (χ3n) is 7.60. The largest absolute Gasteiger partial charge is 0.465 e. The fourth-order valence-electron chi connectivity index (χ4n) is 5.43. The fraction of sp³-hybridized carbons (Fsp3) is 0.382. The molecule has 0 unspecified atom stereocenters. The zero-order valence-corrected chi connectivity index (χ0v) is 27.4. The monoisotopic (exact) mass is 663 g/mol. The lowest BCUT2D eigenvalue weighted by Crippen LogP contribution is -2.55. The second-order valence-electron chi connectivity index (χ2n) is 10.7. The maximum absolute atomic E-state index is 14.4. The smallest absolute Gasteiger partial charge is 0.435 e. The number of amidine groups is 1. The molecule has 3 amide bonds. The van der Waals surface area contributed by atoms with Gasteiger partial charge in [0.15, 0.2) is 0 Å². The Morgan fingerprint density at radius 2 is 1.66 bits per heavy atom. The average Bonchev–Trinajstić information content (AvgIpc) is 3.77. The second kappa shape index (κ2) is 17.9. The number of hydrogen-bond acceptors (Lipinski definition) is 9. The molecule has 12 nitrogen and oxygen atoms in total. The van der Waals surface area contributed by atoms with Gasteiger partial charge in [0.1, 0.15) is 18.5 Å². The molecule has 2 atom stereocenters. The lowest BCUT2D eigenvalue weighted by atomic mass is 9.84. The fourth-order valence-corrected chi connectivity index (χ4v) is 6.28. The van der Waals surface area contributed by atoms with Crippen molar-refractivity contribution in [3.63, 3.8) is 0 Å². The van der Waals surface area contributed by atoms with E-state index in [0.29, 0.717) is 24.3 Å². The summed E-state index contributed by atoms with van der Waals surface area (Å²) in [5.41, 5.74) is 7.77. The van der Waals surface area contributed by atoms with Crippen molar-refractivity contribution in [1.29, 1.82) is 0 Å². The minimum Gasteiger partial charge on any atom is -0.465 e. The lowest BCUT2D eigenvalue weighted by Gasteiger charge is -2.33. The predicted octanol–water partition coefficient (Wildman–Crippen LogP) is 3.20. The molecule has 1 saturated heterocycles. The Labute approximate surface area is 278 Å². The van der Waals surface area contributed by atoms with Gasteiger partial charge in [0.25, 0.3) is 0 Å². The van der Waals surface area contributed by atoms with Gasteiger partial charge in [0, 0.05) is 24.4 Å². The van der Waals surface area contributed by atoms with Crippen molar-refractivity contribution in [3.05, 3.63) is 93.7 Å². The predicted molar refractivity (Wildman–Crippen MR) is 178 cm³/mol. The first-order chi connectivity index (χ1) is 22.8. The van der Waals surface area contributed by atoms with Gasteiger partial charge in [-0.3, -0.25) is 19.7 Å². The Morgan fingerprint density at radius 1 is 0.979 bits per heavy atom. The van der Waals surface area contributed by atoms with Gasteiger partial charge in [-0.15, -0.1) is 11.3 Å². The minimum absolute atomic E-state index is 0.00954. The highest BCUT2D eigenvalue weighted by molar-refractivity contribution is 7.14. The van der Waals surface area contributed by atoms with E-state index in [-0.39, 0.29) is 50.6 Å². The van der Waals surface area contributed by atoms with Crippen molar-refractivity contribution in [2.75, 3.05) is 40.0 Å². The van der Waals surface area contributed by atoms with Crippen LogP contribution in [0.4, 0.5) is 4.79 Å². The maximum Gasteiger partial charge on any atom is 0.435 e. The van der Waals surface area contributed by atoms with E-state index in [4.69, 9.17) is 19.9 Å². The Morgan fingerprint density at radius 3 is 2.30 bits per heavy atom. The Bertz CT molecular complexity index is 1480. The molecule has 2 aromatic carbocycles. The van der Waals surface area contributed by atoms with Crippen LogP contribution in [0.25, 0.3) is 0 Å². The van der Waals surface area contributed by atoms with Gasteiger partial charge in [0.2, 0.25) is 11.8 Å². The number of benzene rings is 2. The highest BCUT2D eigenvalue weighted by Gasteiger charge is 2.40. The van der Waals surface area contributed by atoms with Crippen LogP contribution in [-0.2, 0) is 35.1 Å². The number of nitrogens with zero attached hydrogens (tertiary/aromatic N) is 2. The normalized spacial score (nSPS) is 15.3. The van der Waals surface area contributed by atoms with Crippen LogP contribution in [0.5, 0.6) is 0 Å². The zero-order valence-electron chi connectivity index (χ0n) is 26.6. The molecular weight excluding hydrogens is 622 g/mol. The third kappa shape index (κ3) is 9.95. The molecule has 0 radical (unpaired) electrons. The Kier molecular flexibility index (Phi) is 13.5. The van der Waals surface area contributed by atoms with Crippen molar-refractivity contribution in [3.8, 4) is 0 Å². The van der Waals surface area contributed by atoms with Crippen LogP contribution in [0.1, 0.15) is 46.6 Å². The topological polar surface area (TPSA) is 162 Å². The molecule has 250 valence electrons. The number of amides is 3.